The molecule has 2 fully saturated rings. The first-order chi connectivity index (χ1) is 14.5. The molecule has 4 rings (SSSR count). The third-order valence-electron chi connectivity index (χ3n) is 7.02. The summed E-state index contributed by atoms with van der Waals surface area (Å²) in [5, 5.41) is 12.7. The fraction of sp³-hybridized carbons (Fsp3) is 0.636. The number of allylic oxidation sites excluding steroid dienone is 1. The number of hydrogen-bond donors (Lipinski definition) is 2. The molecule has 2 unspecified atom stereocenters. The van der Waals surface area contributed by atoms with E-state index in [0.29, 0.717) is 12.5 Å². The lowest BCUT2D eigenvalue weighted by Gasteiger charge is -2.33. The first-order valence-electron chi connectivity index (χ1n) is 11.0. The van der Waals surface area contributed by atoms with Crippen molar-refractivity contribution >= 4 is 0 Å². The minimum atomic E-state index is -0.410. The van der Waals surface area contributed by atoms with Crippen LogP contribution in [0.2, 0.25) is 0 Å². The highest BCUT2D eigenvalue weighted by molar-refractivity contribution is 5.20. The zero-order valence-corrected chi connectivity index (χ0v) is 17.9. The van der Waals surface area contributed by atoms with Crippen molar-refractivity contribution in [1.29, 1.82) is 0 Å². The number of nitro groups is 1. The maximum absolute atomic E-state index is 11.1. The molecule has 0 amide bonds. The molecule has 1 aromatic carbocycles. The van der Waals surface area contributed by atoms with Gasteiger partial charge in [-0.2, -0.15) is 0 Å². The maximum atomic E-state index is 11.1. The average molecular weight is 416 g/mol. The van der Waals surface area contributed by atoms with E-state index < -0.39 is 5.03 Å². The van der Waals surface area contributed by atoms with Gasteiger partial charge in [-0.3, -0.25) is 0 Å². The third-order valence-corrected chi connectivity index (χ3v) is 7.02. The Labute approximate surface area is 178 Å². The van der Waals surface area contributed by atoms with E-state index in [-0.39, 0.29) is 18.2 Å². The first-order valence-corrected chi connectivity index (χ1v) is 11.0. The number of benzene rings is 1. The Morgan fingerprint density at radius 2 is 1.93 bits per heavy atom. The SMILES string of the molecule is CC1=C(N2CCC(N[N+](=O)[O-])C2COC2CCC(c3ccccc3)CC2)CNN1C. The molecule has 0 bridgehead atoms. The highest BCUT2D eigenvalue weighted by Gasteiger charge is 2.40. The number of rotatable bonds is 7. The van der Waals surface area contributed by atoms with Gasteiger partial charge in [0.1, 0.15) is 6.04 Å². The summed E-state index contributed by atoms with van der Waals surface area (Å²) in [7, 11) is 2.00. The summed E-state index contributed by atoms with van der Waals surface area (Å²) in [6.07, 6.45) is 5.35. The summed E-state index contributed by atoms with van der Waals surface area (Å²) in [5.74, 6) is 0.617. The molecule has 8 nitrogen and oxygen atoms in total. The van der Waals surface area contributed by atoms with Crippen LogP contribution in [0.25, 0.3) is 0 Å². The molecule has 3 aliphatic rings. The topological polar surface area (TPSA) is 82.9 Å². The second-order valence-corrected chi connectivity index (χ2v) is 8.69. The molecule has 30 heavy (non-hydrogen) atoms. The third kappa shape index (κ3) is 4.54. The van der Waals surface area contributed by atoms with E-state index in [1.165, 1.54) is 17.0 Å². The highest BCUT2D eigenvalue weighted by atomic mass is 16.7. The van der Waals surface area contributed by atoms with E-state index in [4.69, 9.17) is 4.74 Å². The van der Waals surface area contributed by atoms with Gasteiger partial charge in [0.15, 0.2) is 5.03 Å². The van der Waals surface area contributed by atoms with Gasteiger partial charge in [0.25, 0.3) is 0 Å². The largest absolute Gasteiger partial charge is 0.376 e. The molecule has 0 radical (unpaired) electrons. The van der Waals surface area contributed by atoms with Gasteiger partial charge < -0.3 is 14.6 Å². The molecular weight excluding hydrogens is 382 g/mol. The van der Waals surface area contributed by atoms with E-state index in [1.807, 2.05) is 12.1 Å². The van der Waals surface area contributed by atoms with Crippen LogP contribution in [0.15, 0.2) is 41.7 Å². The molecule has 0 spiro atoms. The van der Waals surface area contributed by atoms with Crippen LogP contribution in [0.4, 0.5) is 0 Å². The van der Waals surface area contributed by atoms with Crippen molar-refractivity contribution in [3.8, 4) is 0 Å². The van der Waals surface area contributed by atoms with Gasteiger partial charge >= 0.3 is 0 Å². The Hall–Kier alpha value is -2.32. The van der Waals surface area contributed by atoms with Crippen LogP contribution in [0.1, 0.15) is 50.5 Å². The maximum Gasteiger partial charge on any atom is 0.157 e. The van der Waals surface area contributed by atoms with E-state index >= 15 is 0 Å². The van der Waals surface area contributed by atoms with Gasteiger partial charge in [-0.25, -0.2) is 15.5 Å². The van der Waals surface area contributed by atoms with Gasteiger partial charge in [0.2, 0.25) is 0 Å². The fourth-order valence-electron chi connectivity index (χ4n) is 5.15. The summed E-state index contributed by atoms with van der Waals surface area (Å²) in [6, 6.07) is 10.5. The minimum Gasteiger partial charge on any atom is -0.376 e. The molecule has 0 aromatic heterocycles. The number of hydrazine groups is 2. The smallest absolute Gasteiger partial charge is 0.157 e. The van der Waals surface area contributed by atoms with Crippen LogP contribution in [0.5, 0.6) is 0 Å². The van der Waals surface area contributed by atoms with Gasteiger partial charge in [0, 0.05) is 19.3 Å². The molecule has 1 aliphatic carbocycles. The van der Waals surface area contributed by atoms with Crippen molar-refractivity contribution in [3.63, 3.8) is 0 Å². The predicted molar refractivity (Wildman–Crippen MR) is 115 cm³/mol. The summed E-state index contributed by atoms with van der Waals surface area (Å²) in [4.78, 5) is 13.4. The standard InChI is InChI=1S/C22H33N5O3/c1-16-21(14-23-25(16)2)26-13-12-20(24-27(28)29)22(26)15-30-19-10-8-18(9-11-19)17-6-4-3-5-7-17/h3-7,18-20,22-24H,8-15H2,1-2H3. The Morgan fingerprint density at radius 3 is 2.57 bits per heavy atom. The Kier molecular flexibility index (Phi) is 6.43. The van der Waals surface area contributed by atoms with Gasteiger partial charge in [-0.05, 0) is 50.5 Å². The molecule has 1 saturated heterocycles. The number of nitrogens with one attached hydrogen (secondary N) is 2. The molecular formula is C22H33N5O3. The summed E-state index contributed by atoms with van der Waals surface area (Å²) >= 11 is 0. The quantitative estimate of drug-likeness (QED) is 0.523. The van der Waals surface area contributed by atoms with E-state index in [9.17, 15) is 10.1 Å². The second kappa shape index (κ2) is 9.22. The molecule has 1 saturated carbocycles. The minimum absolute atomic E-state index is 0.0273. The first kappa shape index (κ1) is 20.9. The van der Waals surface area contributed by atoms with E-state index in [2.05, 4.69) is 53.0 Å². The lowest BCUT2D eigenvalue weighted by Crippen LogP contribution is -2.48. The molecule has 8 heteroatoms. The van der Waals surface area contributed by atoms with Crippen LogP contribution in [0, 0.1) is 10.1 Å². The van der Waals surface area contributed by atoms with Gasteiger partial charge in [-0.1, -0.05) is 30.3 Å². The summed E-state index contributed by atoms with van der Waals surface area (Å²) in [5.41, 5.74) is 9.66. The molecule has 2 N–H and O–H groups in total. The van der Waals surface area contributed by atoms with Crippen molar-refractivity contribution < 1.29 is 9.77 Å². The average Bonchev–Trinajstić information content (AvgIpc) is 3.29. The molecule has 2 atom stereocenters. The molecule has 164 valence electrons. The van der Waals surface area contributed by atoms with Crippen LogP contribution < -0.4 is 10.9 Å². The van der Waals surface area contributed by atoms with Crippen LogP contribution in [-0.2, 0) is 4.74 Å². The number of hydrogen-bond acceptors (Lipinski definition) is 6. The number of nitrogens with zero attached hydrogens (tertiary/aromatic N) is 3. The van der Waals surface area contributed by atoms with E-state index in [0.717, 1.165) is 45.2 Å². The predicted octanol–water partition coefficient (Wildman–Crippen LogP) is 2.64. The van der Waals surface area contributed by atoms with Crippen molar-refractivity contribution in [1.82, 2.24) is 20.8 Å². The van der Waals surface area contributed by atoms with E-state index in [1.54, 1.807) is 0 Å². The van der Waals surface area contributed by atoms with Crippen LogP contribution in [-0.4, -0.2) is 59.9 Å². The summed E-state index contributed by atoms with van der Waals surface area (Å²) in [6.45, 7) is 4.17. The van der Waals surface area contributed by atoms with Crippen LogP contribution >= 0.6 is 0 Å². The van der Waals surface area contributed by atoms with Crippen LogP contribution in [0.3, 0.4) is 0 Å². The zero-order valence-electron chi connectivity index (χ0n) is 17.9. The second-order valence-electron chi connectivity index (χ2n) is 8.69. The normalized spacial score (nSPS) is 29.5. The van der Waals surface area contributed by atoms with Crippen molar-refractivity contribution in [3.05, 3.63) is 57.4 Å². The lowest BCUT2D eigenvalue weighted by atomic mass is 9.83. The lowest BCUT2D eigenvalue weighted by molar-refractivity contribution is -0.551. The highest BCUT2D eigenvalue weighted by Crippen LogP contribution is 2.35. The van der Waals surface area contributed by atoms with Gasteiger partial charge in [-0.15, -0.1) is 5.43 Å². The van der Waals surface area contributed by atoms with Gasteiger partial charge in [0.05, 0.1) is 31.0 Å². The molecule has 2 heterocycles. The molecule has 1 aromatic rings. The monoisotopic (exact) mass is 415 g/mol. The Morgan fingerprint density at radius 1 is 1.20 bits per heavy atom. The fourth-order valence-corrected chi connectivity index (χ4v) is 5.15. The molecule has 2 aliphatic heterocycles. The Balaban J connectivity index is 1.36. The number of ether oxygens (including phenoxy) is 1. The van der Waals surface area contributed by atoms with Crippen molar-refractivity contribution in [2.24, 2.45) is 0 Å². The Bertz CT molecular complexity index is 763. The zero-order chi connectivity index (χ0) is 21.1. The number of likely N-dealkylation sites (tertiary alicyclic amines) is 1. The van der Waals surface area contributed by atoms with Crippen molar-refractivity contribution in [2.75, 3.05) is 26.7 Å². The summed E-state index contributed by atoms with van der Waals surface area (Å²) < 4.78 is 6.35. The van der Waals surface area contributed by atoms with Crippen molar-refractivity contribution in [2.45, 2.75) is 63.1 Å².